The fourth-order valence-corrected chi connectivity index (χ4v) is 2.69. The van der Waals surface area contributed by atoms with Gasteiger partial charge in [0.1, 0.15) is 5.82 Å². The standard InChI is InChI=1S/C15H22ClFN2/c1-4-15(3)10-19(11(2)8-18-15)9-12-7-13(17)5-6-14(12)16/h5-7,11,18H,4,8-10H2,1-3H3. The summed E-state index contributed by atoms with van der Waals surface area (Å²) in [7, 11) is 0. The first-order chi connectivity index (χ1) is 8.93. The molecule has 1 saturated heterocycles. The topological polar surface area (TPSA) is 15.3 Å². The van der Waals surface area contributed by atoms with Crippen LogP contribution in [0.2, 0.25) is 5.02 Å². The molecule has 106 valence electrons. The molecule has 1 aliphatic heterocycles. The minimum atomic E-state index is -0.222. The van der Waals surface area contributed by atoms with E-state index in [0.29, 0.717) is 17.6 Å². The monoisotopic (exact) mass is 284 g/mol. The van der Waals surface area contributed by atoms with Crippen LogP contribution in [0.5, 0.6) is 0 Å². The van der Waals surface area contributed by atoms with Crippen LogP contribution < -0.4 is 5.32 Å². The summed E-state index contributed by atoms with van der Waals surface area (Å²) in [5.41, 5.74) is 1.00. The van der Waals surface area contributed by atoms with Crippen LogP contribution in [-0.4, -0.2) is 29.6 Å². The Morgan fingerprint density at radius 2 is 2.26 bits per heavy atom. The van der Waals surface area contributed by atoms with Crippen LogP contribution in [0.15, 0.2) is 18.2 Å². The van der Waals surface area contributed by atoms with E-state index in [-0.39, 0.29) is 11.4 Å². The molecular formula is C15H22ClFN2. The zero-order valence-corrected chi connectivity index (χ0v) is 12.6. The summed E-state index contributed by atoms with van der Waals surface area (Å²) in [6, 6.07) is 5.01. The summed E-state index contributed by atoms with van der Waals surface area (Å²) in [6.07, 6.45) is 1.08. The number of rotatable bonds is 3. The number of halogens is 2. The Morgan fingerprint density at radius 3 is 2.95 bits per heavy atom. The molecule has 0 spiro atoms. The Morgan fingerprint density at radius 1 is 1.53 bits per heavy atom. The Bertz CT molecular complexity index is 452. The van der Waals surface area contributed by atoms with Crippen molar-refractivity contribution in [1.82, 2.24) is 10.2 Å². The first-order valence-corrected chi connectivity index (χ1v) is 7.24. The molecule has 1 aromatic carbocycles. The molecule has 2 atom stereocenters. The predicted octanol–water partition coefficient (Wildman–Crippen LogP) is 3.44. The van der Waals surface area contributed by atoms with E-state index < -0.39 is 0 Å². The Hall–Kier alpha value is -0.640. The van der Waals surface area contributed by atoms with Gasteiger partial charge in [-0.1, -0.05) is 18.5 Å². The molecule has 2 unspecified atom stereocenters. The van der Waals surface area contributed by atoms with Gasteiger partial charge in [-0.3, -0.25) is 4.90 Å². The van der Waals surface area contributed by atoms with Crippen LogP contribution >= 0.6 is 11.6 Å². The molecule has 0 aliphatic carbocycles. The predicted molar refractivity (Wildman–Crippen MR) is 78.0 cm³/mol. The van der Waals surface area contributed by atoms with Crippen molar-refractivity contribution in [3.8, 4) is 0 Å². The lowest BCUT2D eigenvalue weighted by atomic mass is 9.93. The summed E-state index contributed by atoms with van der Waals surface area (Å²) in [5.74, 6) is -0.222. The van der Waals surface area contributed by atoms with Crippen molar-refractivity contribution in [1.29, 1.82) is 0 Å². The first kappa shape index (κ1) is 14.8. The fraction of sp³-hybridized carbons (Fsp3) is 0.600. The molecule has 0 radical (unpaired) electrons. The van der Waals surface area contributed by atoms with E-state index in [4.69, 9.17) is 11.6 Å². The zero-order valence-electron chi connectivity index (χ0n) is 11.8. The molecule has 0 amide bonds. The van der Waals surface area contributed by atoms with Gasteiger partial charge in [0.15, 0.2) is 0 Å². The second kappa shape index (κ2) is 5.78. The maximum Gasteiger partial charge on any atom is 0.123 e. The van der Waals surface area contributed by atoms with Crippen molar-refractivity contribution in [2.75, 3.05) is 13.1 Å². The van der Waals surface area contributed by atoms with Crippen molar-refractivity contribution >= 4 is 11.6 Å². The van der Waals surface area contributed by atoms with Crippen LogP contribution in [0, 0.1) is 5.82 Å². The smallest absolute Gasteiger partial charge is 0.123 e. The Kier molecular flexibility index (Phi) is 4.49. The van der Waals surface area contributed by atoms with Crippen molar-refractivity contribution in [2.45, 2.75) is 45.3 Å². The average molecular weight is 285 g/mol. The maximum atomic E-state index is 13.3. The SMILES string of the molecule is CCC1(C)CN(Cc2cc(F)ccc2Cl)C(C)CN1. The van der Waals surface area contributed by atoms with Gasteiger partial charge in [0.05, 0.1) is 0 Å². The third-order valence-electron chi connectivity index (χ3n) is 4.16. The van der Waals surface area contributed by atoms with Gasteiger partial charge >= 0.3 is 0 Å². The number of hydrogen-bond donors (Lipinski definition) is 1. The fourth-order valence-electron chi connectivity index (χ4n) is 2.52. The van der Waals surface area contributed by atoms with E-state index in [9.17, 15) is 4.39 Å². The number of nitrogens with one attached hydrogen (secondary N) is 1. The third-order valence-corrected chi connectivity index (χ3v) is 4.53. The molecule has 0 saturated carbocycles. The highest BCUT2D eigenvalue weighted by molar-refractivity contribution is 6.31. The van der Waals surface area contributed by atoms with Gasteiger partial charge < -0.3 is 5.32 Å². The number of hydrogen-bond acceptors (Lipinski definition) is 2. The van der Waals surface area contributed by atoms with Gasteiger partial charge in [0.25, 0.3) is 0 Å². The number of nitrogens with zero attached hydrogens (tertiary/aromatic N) is 1. The van der Waals surface area contributed by atoms with E-state index in [1.807, 2.05) is 0 Å². The second-order valence-corrected chi connectivity index (χ2v) is 6.19. The van der Waals surface area contributed by atoms with Crippen LogP contribution in [0.1, 0.15) is 32.8 Å². The van der Waals surface area contributed by atoms with Crippen LogP contribution in [0.25, 0.3) is 0 Å². The molecule has 2 nitrogen and oxygen atoms in total. The van der Waals surface area contributed by atoms with E-state index in [2.05, 4.69) is 31.0 Å². The lowest BCUT2D eigenvalue weighted by Crippen LogP contribution is -2.61. The molecule has 1 aliphatic rings. The van der Waals surface area contributed by atoms with Gasteiger partial charge in [-0.05, 0) is 44.0 Å². The molecule has 19 heavy (non-hydrogen) atoms. The van der Waals surface area contributed by atoms with Crippen LogP contribution in [0.3, 0.4) is 0 Å². The largest absolute Gasteiger partial charge is 0.309 e. The number of benzene rings is 1. The van der Waals surface area contributed by atoms with Gasteiger partial charge in [0, 0.05) is 36.2 Å². The molecule has 0 aromatic heterocycles. The highest BCUT2D eigenvalue weighted by Gasteiger charge is 2.32. The van der Waals surface area contributed by atoms with Crippen molar-refractivity contribution in [3.63, 3.8) is 0 Å². The summed E-state index contributed by atoms with van der Waals surface area (Å²) in [6.45, 7) is 9.23. The van der Waals surface area contributed by atoms with Gasteiger partial charge in [-0.2, -0.15) is 0 Å². The van der Waals surface area contributed by atoms with Crippen LogP contribution in [0.4, 0.5) is 4.39 Å². The normalized spacial score (nSPS) is 28.6. The van der Waals surface area contributed by atoms with Gasteiger partial charge in [-0.15, -0.1) is 0 Å². The summed E-state index contributed by atoms with van der Waals surface area (Å²) >= 11 is 6.16. The summed E-state index contributed by atoms with van der Waals surface area (Å²) in [4.78, 5) is 2.38. The number of piperazine rings is 1. The van der Waals surface area contributed by atoms with E-state index in [0.717, 1.165) is 25.1 Å². The first-order valence-electron chi connectivity index (χ1n) is 6.86. The van der Waals surface area contributed by atoms with Crippen molar-refractivity contribution in [3.05, 3.63) is 34.6 Å². The molecule has 1 N–H and O–H groups in total. The minimum absolute atomic E-state index is 0.131. The summed E-state index contributed by atoms with van der Waals surface area (Å²) < 4.78 is 13.3. The second-order valence-electron chi connectivity index (χ2n) is 5.78. The van der Waals surface area contributed by atoms with Gasteiger partial charge in [-0.25, -0.2) is 4.39 Å². The molecular weight excluding hydrogens is 263 g/mol. The Balaban J connectivity index is 2.14. The molecule has 0 bridgehead atoms. The minimum Gasteiger partial charge on any atom is -0.309 e. The quantitative estimate of drug-likeness (QED) is 0.915. The highest BCUT2D eigenvalue weighted by Crippen LogP contribution is 2.24. The lowest BCUT2D eigenvalue weighted by molar-refractivity contribution is 0.0865. The maximum absolute atomic E-state index is 13.3. The van der Waals surface area contributed by atoms with Crippen molar-refractivity contribution in [2.24, 2.45) is 0 Å². The zero-order chi connectivity index (χ0) is 14.0. The molecule has 1 fully saturated rings. The van der Waals surface area contributed by atoms with Gasteiger partial charge in [0.2, 0.25) is 0 Å². The molecule has 1 heterocycles. The van der Waals surface area contributed by atoms with E-state index in [1.165, 1.54) is 6.07 Å². The highest BCUT2D eigenvalue weighted by atomic mass is 35.5. The molecule has 1 aromatic rings. The molecule has 2 rings (SSSR count). The van der Waals surface area contributed by atoms with E-state index in [1.54, 1.807) is 12.1 Å². The van der Waals surface area contributed by atoms with Crippen LogP contribution in [-0.2, 0) is 6.54 Å². The average Bonchev–Trinajstić information content (AvgIpc) is 2.38. The molecule has 4 heteroatoms. The van der Waals surface area contributed by atoms with Crippen molar-refractivity contribution < 1.29 is 4.39 Å². The summed E-state index contributed by atoms with van der Waals surface area (Å²) in [5, 5.41) is 4.23. The third kappa shape index (κ3) is 3.47. The van der Waals surface area contributed by atoms with E-state index >= 15 is 0 Å². The lowest BCUT2D eigenvalue weighted by Gasteiger charge is -2.45. The Labute approximate surface area is 119 Å².